The van der Waals surface area contributed by atoms with E-state index in [1.54, 1.807) is 0 Å². The van der Waals surface area contributed by atoms with Crippen molar-refractivity contribution in [3.63, 3.8) is 0 Å². The van der Waals surface area contributed by atoms with Crippen LogP contribution in [0.25, 0.3) is 11.6 Å². The normalized spacial score (nSPS) is 16.0. The third-order valence-electron chi connectivity index (χ3n) is 5.45. The monoisotopic (exact) mass is 367 g/mol. The molecule has 0 aliphatic heterocycles. The molecule has 1 aliphatic rings. The van der Waals surface area contributed by atoms with E-state index in [1.807, 2.05) is 0 Å². The zero-order valence-corrected chi connectivity index (χ0v) is 17.1. The summed E-state index contributed by atoms with van der Waals surface area (Å²) in [6.07, 6.45) is 3.41. The fourth-order valence-corrected chi connectivity index (χ4v) is 4.15. The second kappa shape index (κ2) is 7.77. The van der Waals surface area contributed by atoms with Gasteiger partial charge in [-0.2, -0.15) is 0 Å². The Morgan fingerprint density at radius 2 is 1.39 bits per heavy atom. The Morgan fingerprint density at radius 1 is 0.750 bits per heavy atom. The first-order valence-corrected chi connectivity index (χ1v) is 10.2. The van der Waals surface area contributed by atoms with Gasteiger partial charge in [0.15, 0.2) is 0 Å². The maximum atomic E-state index is 3.64. The molecule has 0 saturated heterocycles. The molecule has 0 radical (unpaired) electrons. The van der Waals surface area contributed by atoms with Gasteiger partial charge in [0.2, 0.25) is 0 Å². The molecule has 1 nitrogen and oxygen atoms in total. The molecular weight excluding hydrogens is 338 g/mol. The Morgan fingerprint density at radius 3 is 2.14 bits per heavy atom. The Kier molecular flexibility index (Phi) is 5.19. The summed E-state index contributed by atoms with van der Waals surface area (Å²) in [5.41, 5.74) is 8.47. The van der Waals surface area contributed by atoms with Gasteiger partial charge in [-0.15, -0.1) is 0 Å². The quantitative estimate of drug-likeness (QED) is 0.558. The summed E-state index contributed by atoms with van der Waals surface area (Å²) in [5, 5.41) is 3.64. The molecule has 0 spiro atoms. The van der Waals surface area contributed by atoms with Gasteiger partial charge in [-0.25, -0.2) is 0 Å². The number of nitrogens with one attached hydrogen (secondary N) is 1. The Hall–Kier alpha value is -2.64. The highest BCUT2D eigenvalue weighted by molar-refractivity contribution is 5.93. The average molecular weight is 368 g/mol. The smallest absolute Gasteiger partial charge is 0.0354 e. The van der Waals surface area contributed by atoms with E-state index >= 15 is 0 Å². The van der Waals surface area contributed by atoms with Gasteiger partial charge in [0.25, 0.3) is 0 Å². The van der Waals surface area contributed by atoms with Crippen LogP contribution in [0, 0.1) is 0 Å². The van der Waals surface area contributed by atoms with Gasteiger partial charge in [0, 0.05) is 11.5 Å². The van der Waals surface area contributed by atoms with Crippen molar-refractivity contribution in [2.75, 3.05) is 6.54 Å². The fourth-order valence-electron chi connectivity index (χ4n) is 4.15. The molecule has 0 amide bonds. The average Bonchev–Trinajstić information content (AvgIpc) is 3.07. The van der Waals surface area contributed by atoms with Gasteiger partial charge in [0.1, 0.15) is 0 Å². The van der Waals surface area contributed by atoms with E-state index in [1.165, 1.54) is 33.4 Å². The summed E-state index contributed by atoms with van der Waals surface area (Å²) < 4.78 is 0. The summed E-state index contributed by atoms with van der Waals surface area (Å²) in [5.74, 6) is 0.296. The van der Waals surface area contributed by atoms with Crippen LogP contribution in [0.5, 0.6) is 0 Å². The maximum Gasteiger partial charge on any atom is 0.0354 e. The van der Waals surface area contributed by atoms with E-state index in [4.69, 9.17) is 0 Å². The van der Waals surface area contributed by atoms with Crippen LogP contribution in [-0.4, -0.2) is 12.1 Å². The first-order valence-electron chi connectivity index (χ1n) is 10.2. The molecule has 1 atom stereocenters. The van der Waals surface area contributed by atoms with E-state index in [0.717, 1.165) is 13.0 Å². The predicted molar refractivity (Wildman–Crippen MR) is 120 cm³/mol. The summed E-state index contributed by atoms with van der Waals surface area (Å²) >= 11 is 0. The number of hydrogen-bond donors (Lipinski definition) is 1. The van der Waals surface area contributed by atoms with Gasteiger partial charge in [0.05, 0.1) is 0 Å². The van der Waals surface area contributed by atoms with Crippen LogP contribution in [0.2, 0.25) is 0 Å². The number of benzene rings is 3. The summed E-state index contributed by atoms with van der Waals surface area (Å²) in [7, 11) is 0. The maximum absolute atomic E-state index is 3.64. The van der Waals surface area contributed by atoms with Crippen molar-refractivity contribution < 1.29 is 0 Å². The standard InChI is InChI=1S/C27H29N/c1-27(2,3)28-18-17-21-13-7-9-15-23(21)26-24-16-10-8-14-22(24)19-25(26)20-11-5-4-6-12-20/h4-16,19,26,28H,17-18H2,1-3H3. The molecule has 3 aromatic rings. The van der Waals surface area contributed by atoms with Crippen LogP contribution < -0.4 is 5.32 Å². The second-order valence-corrected chi connectivity index (χ2v) is 8.65. The second-order valence-electron chi connectivity index (χ2n) is 8.65. The van der Waals surface area contributed by atoms with E-state index in [-0.39, 0.29) is 5.54 Å². The van der Waals surface area contributed by atoms with Gasteiger partial charge in [-0.3, -0.25) is 0 Å². The van der Waals surface area contributed by atoms with Crippen molar-refractivity contribution in [2.45, 2.75) is 38.6 Å². The Balaban J connectivity index is 1.73. The SMILES string of the molecule is CC(C)(C)NCCc1ccccc1C1C(c2ccccc2)=Cc2ccccc21. The fraction of sp³-hybridized carbons (Fsp3) is 0.259. The lowest BCUT2D eigenvalue weighted by atomic mass is 9.82. The third-order valence-corrected chi connectivity index (χ3v) is 5.45. The number of hydrogen-bond acceptors (Lipinski definition) is 1. The third kappa shape index (κ3) is 3.95. The topological polar surface area (TPSA) is 12.0 Å². The molecule has 3 aromatic carbocycles. The zero-order chi connectivity index (χ0) is 19.6. The van der Waals surface area contributed by atoms with Crippen LogP contribution in [-0.2, 0) is 6.42 Å². The van der Waals surface area contributed by atoms with Crippen molar-refractivity contribution in [3.05, 3.63) is 107 Å². The molecule has 28 heavy (non-hydrogen) atoms. The predicted octanol–water partition coefficient (Wildman–Crippen LogP) is 6.30. The van der Waals surface area contributed by atoms with Crippen LogP contribution in [0.3, 0.4) is 0 Å². The zero-order valence-electron chi connectivity index (χ0n) is 17.1. The molecule has 1 unspecified atom stereocenters. The van der Waals surface area contributed by atoms with Crippen molar-refractivity contribution in [1.29, 1.82) is 0 Å². The highest BCUT2D eigenvalue weighted by Gasteiger charge is 2.28. The van der Waals surface area contributed by atoms with Crippen LogP contribution in [0.15, 0.2) is 78.9 Å². The Labute approximate surface area is 169 Å². The highest BCUT2D eigenvalue weighted by atomic mass is 14.9. The van der Waals surface area contributed by atoms with Crippen molar-refractivity contribution in [1.82, 2.24) is 5.32 Å². The van der Waals surface area contributed by atoms with Gasteiger partial charge < -0.3 is 5.32 Å². The Bertz CT molecular complexity index is 976. The molecule has 142 valence electrons. The van der Waals surface area contributed by atoms with Gasteiger partial charge in [-0.05, 0) is 73.2 Å². The lowest BCUT2D eigenvalue weighted by Crippen LogP contribution is -2.37. The molecule has 0 fully saturated rings. The van der Waals surface area contributed by atoms with Crippen molar-refractivity contribution in [3.8, 4) is 0 Å². The van der Waals surface area contributed by atoms with Crippen molar-refractivity contribution >= 4 is 11.6 Å². The molecule has 0 heterocycles. The van der Waals surface area contributed by atoms with Gasteiger partial charge >= 0.3 is 0 Å². The molecular formula is C27H29N. The largest absolute Gasteiger partial charge is 0.312 e. The lowest BCUT2D eigenvalue weighted by molar-refractivity contribution is 0.429. The highest BCUT2D eigenvalue weighted by Crippen LogP contribution is 2.46. The molecule has 0 bridgehead atoms. The molecule has 1 heteroatoms. The minimum atomic E-state index is 0.143. The molecule has 1 N–H and O–H groups in total. The minimum Gasteiger partial charge on any atom is -0.312 e. The number of rotatable bonds is 5. The molecule has 1 aliphatic carbocycles. The summed E-state index contributed by atoms with van der Waals surface area (Å²) in [6.45, 7) is 7.66. The van der Waals surface area contributed by atoms with E-state index < -0.39 is 0 Å². The van der Waals surface area contributed by atoms with Crippen LogP contribution in [0.4, 0.5) is 0 Å². The first kappa shape index (κ1) is 18.7. The van der Waals surface area contributed by atoms with E-state index in [0.29, 0.717) is 5.92 Å². The minimum absolute atomic E-state index is 0.143. The van der Waals surface area contributed by atoms with Crippen molar-refractivity contribution in [2.24, 2.45) is 0 Å². The lowest BCUT2D eigenvalue weighted by Gasteiger charge is -2.23. The van der Waals surface area contributed by atoms with Gasteiger partial charge in [-0.1, -0.05) is 78.9 Å². The van der Waals surface area contributed by atoms with E-state index in [2.05, 4.69) is 111 Å². The van der Waals surface area contributed by atoms with Crippen LogP contribution in [0.1, 0.15) is 54.5 Å². The summed E-state index contributed by atoms with van der Waals surface area (Å²) in [6, 6.07) is 28.6. The number of allylic oxidation sites excluding steroid dienone is 1. The molecule has 4 rings (SSSR count). The summed E-state index contributed by atoms with van der Waals surface area (Å²) in [4.78, 5) is 0. The first-order chi connectivity index (χ1) is 13.5. The van der Waals surface area contributed by atoms with Crippen LogP contribution >= 0.6 is 0 Å². The number of fused-ring (bicyclic) bond motifs is 1. The molecule has 0 saturated carbocycles. The van der Waals surface area contributed by atoms with E-state index in [9.17, 15) is 0 Å². The molecule has 0 aromatic heterocycles.